The van der Waals surface area contributed by atoms with Crippen molar-refractivity contribution in [3.8, 4) is 0 Å². The number of nitrogens with one attached hydrogen (secondary N) is 1. The van der Waals surface area contributed by atoms with Crippen molar-refractivity contribution in [1.82, 2.24) is 14.9 Å². The van der Waals surface area contributed by atoms with Crippen LogP contribution >= 0.6 is 11.8 Å². The molecule has 148 valence electrons. The number of aromatic nitrogens is 2. The van der Waals surface area contributed by atoms with Gasteiger partial charge in [0.1, 0.15) is 0 Å². The summed E-state index contributed by atoms with van der Waals surface area (Å²) in [5, 5.41) is 4.39. The second kappa shape index (κ2) is 7.89. The van der Waals surface area contributed by atoms with Crippen molar-refractivity contribution in [2.45, 2.75) is 11.4 Å². The normalized spacial score (nSPS) is 18.5. The smallest absolute Gasteiger partial charge is 0.249 e. The standard InChI is InChI=1S/C24H19N3O2S/c28-22(17-5-2-1-3-6-17)18-9-8-16-10-12-27(21(16)13-18)24(29)20-15-30-23(26-20)19-7-4-11-25-14-19/h1-14,20,23,26H,15H2/t20-,23-/m0/s1. The maximum atomic E-state index is 13.2. The summed E-state index contributed by atoms with van der Waals surface area (Å²) in [4.78, 5) is 30.2. The summed E-state index contributed by atoms with van der Waals surface area (Å²) in [5.41, 5.74) is 3.02. The van der Waals surface area contributed by atoms with Crippen molar-refractivity contribution in [1.29, 1.82) is 0 Å². The second-order valence-electron chi connectivity index (χ2n) is 7.21. The molecule has 0 spiro atoms. The molecule has 0 radical (unpaired) electrons. The third-order valence-electron chi connectivity index (χ3n) is 5.30. The van der Waals surface area contributed by atoms with Crippen LogP contribution < -0.4 is 5.32 Å². The van der Waals surface area contributed by atoms with Crippen LogP contribution in [0, 0.1) is 0 Å². The van der Waals surface area contributed by atoms with E-state index in [1.807, 2.05) is 60.8 Å². The molecule has 3 heterocycles. The number of carbonyl (C=O) groups is 2. The molecule has 0 amide bonds. The van der Waals surface area contributed by atoms with Gasteiger partial charge in [0, 0.05) is 40.9 Å². The van der Waals surface area contributed by atoms with Gasteiger partial charge in [0.05, 0.1) is 16.9 Å². The van der Waals surface area contributed by atoms with E-state index in [0.29, 0.717) is 16.9 Å². The monoisotopic (exact) mass is 413 g/mol. The van der Waals surface area contributed by atoms with Gasteiger partial charge in [0.15, 0.2) is 5.78 Å². The molecule has 2 atom stereocenters. The number of ketones is 1. The minimum atomic E-state index is -0.302. The molecular formula is C24H19N3O2S. The van der Waals surface area contributed by atoms with E-state index in [1.54, 1.807) is 40.9 Å². The van der Waals surface area contributed by atoms with E-state index in [4.69, 9.17) is 0 Å². The Morgan fingerprint density at radius 2 is 1.87 bits per heavy atom. The van der Waals surface area contributed by atoms with Gasteiger partial charge in [-0.1, -0.05) is 48.5 Å². The predicted octanol–water partition coefficient (Wildman–Crippen LogP) is 4.31. The van der Waals surface area contributed by atoms with E-state index in [-0.39, 0.29) is 23.1 Å². The molecule has 2 aromatic heterocycles. The van der Waals surface area contributed by atoms with E-state index in [1.165, 1.54) is 0 Å². The lowest BCUT2D eigenvalue weighted by Gasteiger charge is -2.14. The first-order chi connectivity index (χ1) is 14.7. The van der Waals surface area contributed by atoms with Crippen LogP contribution in [-0.2, 0) is 0 Å². The molecule has 5 nitrogen and oxygen atoms in total. The molecule has 1 fully saturated rings. The number of thioether (sulfide) groups is 1. The Bertz CT molecular complexity index is 1220. The van der Waals surface area contributed by atoms with Crippen molar-refractivity contribution in [3.05, 3.63) is 102 Å². The van der Waals surface area contributed by atoms with Gasteiger partial charge in [-0.2, -0.15) is 0 Å². The van der Waals surface area contributed by atoms with Crippen LogP contribution in [0.1, 0.15) is 31.7 Å². The summed E-state index contributed by atoms with van der Waals surface area (Å²) in [6.45, 7) is 0. The third-order valence-corrected chi connectivity index (χ3v) is 6.56. The van der Waals surface area contributed by atoms with Gasteiger partial charge in [0.2, 0.25) is 5.91 Å². The summed E-state index contributed by atoms with van der Waals surface area (Å²) in [6, 6.07) is 20.2. The SMILES string of the molecule is O=C(c1ccccc1)c1ccc2ccn(C(=O)[C@@H]3CS[C@@H](c4cccnc4)N3)c2c1. The Morgan fingerprint density at radius 1 is 1.00 bits per heavy atom. The van der Waals surface area contributed by atoms with Crippen molar-refractivity contribution in [2.24, 2.45) is 0 Å². The summed E-state index contributed by atoms with van der Waals surface area (Å²) in [7, 11) is 0. The zero-order valence-corrected chi connectivity index (χ0v) is 16.9. The molecule has 4 aromatic rings. The fraction of sp³-hybridized carbons (Fsp3) is 0.125. The maximum Gasteiger partial charge on any atom is 0.249 e. The fourth-order valence-electron chi connectivity index (χ4n) is 3.72. The van der Waals surface area contributed by atoms with Crippen LogP contribution in [0.2, 0.25) is 0 Å². The van der Waals surface area contributed by atoms with Gasteiger partial charge in [-0.25, -0.2) is 0 Å². The van der Waals surface area contributed by atoms with Gasteiger partial charge >= 0.3 is 0 Å². The summed E-state index contributed by atoms with van der Waals surface area (Å²) >= 11 is 1.70. The molecule has 6 heteroatoms. The van der Waals surface area contributed by atoms with Gasteiger partial charge in [-0.3, -0.25) is 24.5 Å². The number of benzene rings is 2. The minimum absolute atomic E-state index is 0.0202. The van der Waals surface area contributed by atoms with Crippen LogP contribution in [0.5, 0.6) is 0 Å². The molecule has 0 saturated carbocycles. The van der Waals surface area contributed by atoms with Crippen molar-refractivity contribution >= 4 is 34.4 Å². The molecule has 1 aliphatic rings. The highest BCUT2D eigenvalue weighted by Gasteiger charge is 2.32. The van der Waals surface area contributed by atoms with Crippen molar-refractivity contribution < 1.29 is 9.59 Å². The third kappa shape index (κ3) is 3.44. The zero-order chi connectivity index (χ0) is 20.5. The number of pyridine rings is 1. The zero-order valence-electron chi connectivity index (χ0n) is 16.1. The molecule has 1 saturated heterocycles. The quantitative estimate of drug-likeness (QED) is 0.505. The number of hydrogen-bond donors (Lipinski definition) is 1. The Hall–Kier alpha value is -3.22. The molecule has 30 heavy (non-hydrogen) atoms. The predicted molar refractivity (Wildman–Crippen MR) is 119 cm³/mol. The lowest BCUT2D eigenvalue weighted by Crippen LogP contribution is -2.37. The number of nitrogens with zero attached hydrogens (tertiary/aromatic N) is 2. The Morgan fingerprint density at radius 3 is 2.67 bits per heavy atom. The van der Waals surface area contributed by atoms with Crippen molar-refractivity contribution in [3.63, 3.8) is 0 Å². The largest absolute Gasteiger partial charge is 0.290 e. The van der Waals surface area contributed by atoms with Gasteiger partial charge in [-0.15, -0.1) is 11.8 Å². The molecule has 2 aromatic carbocycles. The van der Waals surface area contributed by atoms with E-state index in [2.05, 4.69) is 10.3 Å². The van der Waals surface area contributed by atoms with E-state index in [9.17, 15) is 9.59 Å². The highest BCUT2D eigenvalue weighted by Crippen LogP contribution is 2.33. The number of carbonyl (C=O) groups excluding carboxylic acids is 2. The minimum Gasteiger partial charge on any atom is -0.290 e. The van der Waals surface area contributed by atoms with Crippen LogP contribution in [-0.4, -0.2) is 33.0 Å². The number of hydrogen-bond acceptors (Lipinski definition) is 5. The fourth-order valence-corrected chi connectivity index (χ4v) is 4.94. The first-order valence-corrected chi connectivity index (χ1v) is 10.8. The molecule has 0 aliphatic carbocycles. The summed E-state index contributed by atoms with van der Waals surface area (Å²) in [5.74, 6) is 0.609. The Kier molecular flexibility index (Phi) is 4.94. The Labute approximate surface area is 178 Å². The topological polar surface area (TPSA) is 64.0 Å². The molecule has 5 rings (SSSR count). The number of rotatable bonds is 4. The molecular weight excluding hydrogens is 394 g/mol. The van der Waals surface area contributed by atoms with E-state index in [0.717, 1.165) is 16.5 Å². The summed E-state index contributed by atoms with van der Waals surface area (Å²) in [6.07, 6.45) is 5.35. The lowest BCUT2D eigenvalue weighted by molar-refractivity contribution is 0.0878. The maximum absolute atomic E-state index is 13.2. The first kappa shape index (κ1) is 18.8. The van der Waals surface area contributed by atoms with Crippen LogP contribution in [0.4, 0.5) is 0 Å². The van der Waals surface area contributed by atoms with Gasteiger partial charge < -0.3 is 0 Å². The molecule has 1 aliphatic heterocycles. The van der Waals surface area contributed by atoms with Crippen LogP contribution in [0.25, 0.3) is 10.9 Å². The summed E-state index contributed by atoms with van der Waals surface area (Å²) < 4.78 is 1.65. The average Bonchev–Trinajstić information content (AvgIpc) is 3.46. The first-order valence-electron chi connectivity index (χ1n) is 9.73. The van der Waals surface area contributed by atoms with Gasteiger partial charge in [-0.05, 0) is 23.8 Å². The van der Waals surface area contributed by atoms with E-state index >= 15 is 0 Å². The second-order valence-corrected chi connectivity index (χ2v) is 8.35. The van der Waals surface area contributed by atoms with Crippen LogP contribution in [0.15, 0.2) is 85.3 Å². The highest BCUT2D eigenvalue weighted by atomic mass is 32.2. The number of fused-ring (bicyclic) bond motifs is 1. The lowest BCUT2D eigenvalue weighted by atomic mass is 10.0. The highest BCUT2D eigenvalue weighted by molar-refractivity contribution is 7.99. The van der Waals surface area contributed by atoms with Crippen molar-refractivity contribution in [2.75, 3.05) is 5.75 Å². The van der Waals surface area contributed by atoms with Gasteiger partial charge in [0.25, 0.3) is 0 Å². The molecule has 0 bridgehead atoms. The van der Waals surface area contributed by atoms with Crippen LogP contribution in [0.3, 0.4) is 0 Å². The molecule has 1 N–H and O–H groups in total. The Balaban J connectivity index is 1.42. The average molecular weight is 414 g/mol. The molecule has 0 unspecified atom stereocenters. The van der Waals surface area contributed by atoms with E-state index < -0.39 is 0 Å².